The lowest BCUT2D eigenvalue weighted by Gasteiger charge is -2.50. The number of hydrogen-bond donors (Lipinski definition) is 2. The maximum Gasteiger partial charge on any atom is 0.125 e. The molecular formula is C24H31ClN2O2S. The van der Waals surface area contributed by atoms with Crippen molar-refractivity contribution in [3.8, 4) is 5.75 Å². The van der Waals surface area contributed by atoms with Crippen molar-refractivity contribution in [3.63, 3.8) is 0 Å². The molecule has 0 aromatic heterocycles. The summed E-state index contributed by atoms with van der Waals surface area (Å²) in [7, 11) is 0. The van der Waals surface area contributed by atoms with E-state index in [1.807, 2.05) is 19.1 Å². The van der Waals surface area contributed by atoms with Crippen LogP contribution in [0.15, 0.2) is 42.5 Å². The van der Waals surface area contributed by atoms with Crippen LogP contribution in [0.25, 0.3) is 0 Å². The van der Waals surface area contributed by atoms with Gasteiger partial charge in [-0.25, -0.2) is 0 Å². The number of fused-ring (bicyclic) bond motifs is 1. The van der Waals surface area contributed by atoms with E-state index < -0.39 is 11.4 Å². The topological polar surface area (TPSA) is 56.3 Å². The average molecular weight is 447 g/mol. The van der Waals surface area contributed by atoms with Crippen LogP contribution < -0.4 is 14.8 Å². The van der Waals surface area contributed by atoms with E-state index in [4.69, 9.17) is 16.3 Å². The van der Waals surface area contributed by atoms with Crippen LogP contribution in [0.4, 0.5) is 0 Å². The lowest BCUT2D eigenvalue weighted by molar-refractivity contribution is 0.164. The molecule has 0 saturated heterocycles. The van der Waals surface area contributed by atoms with E-state index >= 15 is 0 Å². The summed E-state index contributed by atoms with van der Waals surface area (Å²) >= 11 is 5.19. The summed E-state index contributed by atoms with van der Waals surface area (Å²) in [5, 5.41) is 4.60. The number of ether oxygens (including phenoxy) is 1. The Bertz CT molecular complexity index is 842. The predicted octanol–water partition coefficient (Wildman–Crippen LogP) is 4.69. The second-order valence-corrected chi connectivity index (χ2v) is 10.1. The molecule has 1 saturated carbocycles. The van der Waals surface area contributed by atoms with Crippen molar-refractivity contribution in [3.05, 3.63) is 64.2 Å². The average Bonchev–Trinajstić information content (AvgIpc) is 2.72. The normalized spacial score (nSPS) is 20.8. The highest BCUT2D eigenvalue weighted by atomic mass is 35.5. The van der Waals surface area contributed by atoms with Crippen molar-refractivity contribution in [1.29, 1.82) is 0 Å². The molecule has 1 aliphatic carbocycles. The van der Waals surface area contributed by atoms with Crippen molar-refractivity contribution in [2.24, 2.45) is 0 Å². The summed E-state index contributed by atoms with van der Waals surface area (Å²) in [6.45, 7) is 4.13. The van der Waals surface area contributed by atoms with E-state index in [-0.39, 0.29) is 11.5 Å². The van der Waals surface area contributed by atoms with E-state index in [1.165, 1.54) is 36.0 Å². The Balaban J connectivity index is 1.50. The minimum Gasteiger partial charge on any atom is -0.598 e. The van der Waals surface area contributed by atoms with E-state index in [0.29, 0.717) is 18.9 Å². The molecular weight excluding hydrogens is 416 g/mol. The molecule has 2 aromatic carbocycles. The van der Waals surface area contributed by atoms with Crippen LogP contribution in [0.2, 0.25) is 5.02 Å². The molecule has 1 aliphatic heterocycles. The predicted molar refractivity (Wildman–Crippen MR) is 125 cm³/mol. The lowest BCUT2D eigenvalue weighted by atomic mass is 9.58. The standard InChI is InChI=1S/C24H31ClN2O2S/c1-2-16-30(28)27-14-15-29-21-9-4-18-10-13-26-23(22(18)17-21)24(11-3-12-24)19-5-7-20(25)8-6-19/h4-9,17,23,26-27H,2-3,10-16H2,1H3. The highest BCUT2D eigenvalue weighted by Gasteiger charge is 2.47. The van der Waals surface area contributed by atoms with Gasteiger partial charge in [0.05, 0.1) is 6.54 Å². The van der Waals surface area contributed by atoms with E-state index in [2.05, 4.69) is 40.4 Å². The quantitative estimate of drug-likeness (QED) is 0.433. The second kappa shape index (κ2) is 9.92. The van der Waals surface area contributed by atoms with Crippen LogP contribution >= 0.6 is 11.6 Å². The number of rotatable bonds is 9. The van der Waals surface area contributed by atoms with Gasteiger partial charge in [-0.15, -0.1) is 4.72 Å². The molecule has 162 valence electrons. The summed E-state index contributed by atoms with van der Waals surface area (Å²) in [6, 6.07) is 15.2. The van der Waals surface area contributed by atoms with Gasteiger partial charge in [-0.2, -0.15) is 0 Å². The molecule has 6 heteroatoms. The van der Waals surface area contributed by atoms with Gasteiger partial charge in [-0.05, 0) is 73.2 Å². The molecule has 0 bridgehead atoms. The zero-order valence-corrected chi connectivity index (χ0v) is 19.2. The summed E-state index contributed by atoms with van der Waals surface area (Å²) in [5.41, 5.74) is 4.26. The van der Waals surface area contributed by atoms with Gasteiger partial charge in [0.1, 0.15) is 18.1 Å². The molecule has 2 aromatic rings. The molecule has 0 radical (unpaired) electrons. The fraction of sp³-hybridized carbons (Fsp3) is 0.500. The van der Waals surface area contributed by atoms with E-state index in [1.54, 1.807) is 0 Å². The SMILES string of the molecule is CCC[S+]([O-])NCCOc1ccc2c(c1)C(C1(c3ccc(Cl)cc3)CCC1)NCC2. The molecule has 0 spiro atoms. The molecule has 2 atom stereocenters. The molecule has 2 aliphatic rings. The Morgan fingerprint density at radius 2 is 2.03 bits per heavy atom. The van der Waals surface area contributed by atoms with Crippen molar-refractivity contribution < 1.29 is 9.29 Å². The van der Waals surface area contributed by atoms with Gasteiger partial charge in [-0.3, -0.25) is 0 Å². The zero-order valence-electron chi connectivity index (χ0n) is 17.6. The Morgan fingerprint density at radius 1 is 1.23 bits per heavy atom. The number of halogens is 1. The third-order valence-corrected chi connectivity index (χ3v) is 7.97. The molecule has 4 nitrogen and oxygen atoms in total. The molecule has 30 heavy (non-hydrogen) atoms. The van der Waals surface area contributed by atoms with Crippen molar-refractivity contribution in [1.82, 2.24) is 10.0 Å². The third kappa shape index (κ3) is 4.66. The molecule has 2 unspecified atom stereocenters. The number of nitrogens with one attached hydrogen (secondary N) is 2. The van der Waals surface area contributed by atoms with Crippen LogP contribution in [0.5, 0.6) is 5.75 Å². The van der Waals surface area contributed by atoms with Crippen LogP contribution in [-0.4, -0.2) is 30.0 Å². The Kier molecular flexibility index (Phi) is 7.27. The maximum absolute atomic E-state index is 11.7. The summed E-state index contributed by atoms with van der Waals surface area (Å²) in [4.78, 5) is 0. The van der Waals surface area contributed by atoms with Crippen LogP contribution in [-0.2, 0) is 23.2 Å². The first-order valence-corrected chi connectivity index (χ1v) is 12.7. The van der Waals surface area contributed by atoms with Gasteiger partial charge < -0.3 is 14.6 Å². The highest BCUT2D eigenvalue weighted by molar-refractivity contribution is 7.89. The smallest absolute Gasteiger partial charge is 0.125 e. The first-order valence-electron chi connectivity index (χ1n) is 11.0. The van der Waals surface area contributed by atoms with Gasteiger partial charge in [0.2, 0.25) is 0 Å². The van der Waals surface area contributed by atoms with Gasteiger partial charge in [0.15, 0.2) is 0 Å². The van der Waals surface area contributed by atoms with E-state index in [9.17, 15) is 4.55 Å². The maximum atomic E-state index is 11.7. The minimum atomic E-state index is -0.963. The molecule has 4 rings (SSSR count). The number of hydrogen-bond acceptors (Lipinski definition) is 4. The third-order valence-electron chi connectivity index (χ3n) is 6.41. The van der Waals surface area contributed by atoms with Crippen molar-refractivity contribution in [2.75, 3.05) is 25.4 Å². The fourth-order valence-corrected chi connectivity index (χ4v) is 5.73. The lowest BCUT2D eigenvalue weighted by Crippen LogP contribution is -2.49. The second-order valence-electron chi connectivity index (χ2n) is 8.31. The zero-order chi connectivity index (χ0) is 21.0. The summed E-state index contributed by atoms with van der Waals surface area (Å²) < 4.78 is 20.7. The monoisotopic (exact) mass is 446 g/mol. The Hall–Kier alpha value is -1.24. The van der Waals surface area contributed by atoms with Gasteiger partial charge >= 0.3 is 0 Å². The largest absolute Gasteiger partial charge is 0.598 e. The summed E-state index contributed by atoms with van der Waals surface area (Å²) in [5.74, 6) is 1.56. The number of benzene rings is 2. The van der Waals surface area contributed by atoms with Crippen molar-refractivity contribution >= 4 is 23.0 Å². The minimum absolute atomic E-state index is 0.122. The summed E-state index contributed by atoms with van der Waals surface area (Å²) in [6.07, 6.45) is 5.58. The van der Waals surface area contributed by atoms with Crippen LogP contribution in [0.3, 0.4) is 0 Å². The molecule has 0 amide bonds. The fourth-order valence-electron chi connectivity index (χ4n) is 4.78. The molecule has 1 fully saturated rings. The van der Waals surface area contributed by atoms with Gasteiger partial charge in [0, 0.05) is 27.8 Å². The van der Waals surface area contributed by atoms with Gasteiger partial charge in [-0.1, -0.05) is 43.1 Å². The van der Waals surface area contributed by atoms with Crippen LogP contribution in [0, 0.1) is 0 Å². The highest BCUT2D eigenvalue weighted by Crippen LogP contribution is 2.53. The Morgan fingerprint density at radius 3 is 2.73 bits per heavy atom. The first-order chi connectivity index (χ1) is 14.6. The molecule has 1 heterocycles. The van der Waals surface area contributed by atoms with Gasteiger partial charge in [0.25, 0.3) is 0 Å². The van der Waals surface area contributed by atoms with Crippen LogP contribution in [0.1, 0.15) is 55.3 Å². The van der Waals surface area contributed by atoms with Crippen molar-refractivity contribution in [2.45, 2.75) is 50.5 Å². The first kappa shape index (κ1) is 22.0. The molecule has 2 N–H and O–H groups in total. The van der Waals surface area contributed by atoms with E-state index in [0.717, 1.165) is 30.2 Å². The Labute approximate surface area is 188 Å².